The molecular weight excluding hydrogens is 342 g/mol. The van der Waals surface area contributed by atoms with E-state index in [-0.39, 0.29) is 0 Å². The summed E-state index contributed by atoms with van der Waals surface area (Å²) in [5.41, 5.74) is 2.30. The number of hydrogen-bond donors (Lipinski definition) is 0. The summed E-state index contributed by atoms with van der Waals surface area (Å²) < 4.78 is 11.7. The van der Waals surface area contributed by atoms with Gasteiger partial charge in [0, 0.05) is 11.6 Å². The fraction of sp³-hybridized carbons (Fsp3) is 0.278. The van der Waals surface area contributed by atoms with E-state index in [1.165, 1.54) is 13.0 Å². The van der Waals surface area contributed by atoms with Crippen LogP contribution in [0.4, 0.5) is 0 Å². The number of benzene rings is 1. The summed E-state index contributed by atoms with van der Waals surface area (Å²) in [6, 6.07) is 9.44. The third-order valence-electron chi connectivity index (χ3n) is 3.44. The molecule has 0 bridgehead atoms. The Kier molecular flexibility index (Phi) is 6.20. The number of hydrogen-bond acceptors (Lipinski definition) is 5. The van der Waals surface area contributed by atoms with E-state index in [1.807, 2.05) is 30.3 Å². The Hall–Kier alpha value is -2.78. The summed E-state index contributed by atoms with van der Waals surface area (Å²) in [4.78, 5) is 11.6. The smallest absolute Gasteiger partial charge is 0.332 e. The summed E-state index contributed by atoms with van der Waals surface area (Å²) in [6.07, 6.45) is 1.98. The van der Waals surface area contributed by atoms with Gasteiger partial charge in [0.2, 0.25) is 0 Å². The van der Waals surface area contributed by atoms with E-state index >= 15 is 0 Å². The molecule has 0 amide bonds. The summed E-state index contributed by atoms with van der Waals surface area (Å²) in [5, 5.41) is 13.5. The molecule has 1 aromatic heterocycles. The number of methoxy groups -OCH3 is 1. The number of aryl methyl sites for hydroxylation is 1. The Morgan fingerprint density at radius 3 is 2.96 bits per heavy atom. The summed E-state index contributed by atoms with van der Waals surface area (Å²) in [7, 11) is 1.61. The molecule has 0 unspecified atom stereocenters. The van der Waals surface area contributed by atoms with Crippen molar-refractivity contribution in [2.75, 3.05) is 7.11 Å². The lowest BCUT2D eigenvalue weighted by molar-refractivity contribution is -0.139. The van der Waals surface area contributed by atoms with Gasteiger partial charge in [0.05, 0.1) is 19.3 Å². The van der Waals surface area contributed by atoms with Crippen molar-refractivity contribution in [3.05, 3.63) is 52.3 Å². The van der Waals surface area contributed by atoms with Crippen LogP contribution in [0.3, 0.4) is 0 Å². The predicted octanol–water partition coefficient (Wildman–Crippen LogP) is 3.37. The van der Waals surface area contributed by atoms with Gasteiger partial charge in [-0.05, 0) is 37.6 Å². The SMILES string of the molecule is COc1cccc(Cn2nc(C)c(/C=C/C(=O)O[C@@H](C)C#N)c2Cl)c1. The zero-order valence-corrected chi connectivity index (χ0v) is 14.9. The number of halogens is 1. The number of nitrogens with zero attached hydrogens (tertiary/aromatic N) is 3. The van der Waals surface area contributed by atoms with Crippen LogP contribution in [0.25, 0.3) is 6.08 Å². The molecule has 1 heterocycles. The van der Waals surface area contributed by atoms with Crippen LogP contribution in [0.1, 0.15) is 23.7 Å². The molecule has 1 atom stereocenters. The maximum Gasteiger partial charge on any atom is 0.332 e. The maximum absolute atomic E-state index is 11.6. The highest BCUT2D eigenvalue weighted by atomic mass is 35.5. The summed E-state index contributed by atoms with van der Waals surface area (Å²) >= 11 is 6.38. The lowest BCUT2D eigenvalue weighted by Crippen LogP contribution is -2.10. The number of carbonyl (C=O) groups excluding carboxylic acids is 1. The molecule has 2 rings (SSSR count). The molecule has 0 radical (unpaired) electrons. The normalized spacial score (nSPS) is 12.0. The molecule has 0 N–H and O–H groups in total. The Balaban J connectivity index is 2.17. The molecule has 0 saturated carbocycles. The van der Waals surface area contributed by atoms with Crippen molar-refractivity contribution in [3.63, 3.8) is 0 Å². The Morgan fingerprint density at radius 2 is 2.28 bits per heavy atom. The first-order valence-electron chi connectivity index (χ1n) is 7.58. The molecule has 6 nitrogen and oxygen atoms in total. The first-order valence-corrected chi connectivity index (χ1v) is 7.96. The van der Waals surface area contributed by atoms with Gasteiger partial charge < -0.3 is 9.47 Å². The van der Waals surface area contributed by atoms with E-state index in [9.17, 15) is 4.79 Å². The van der Waals surface area contributed by atoms with Gasteiger partial charge in [-0.1, -0.05) is 23.7 Å². The van der Waals surface area contributed by atoms with E-state index in [0.717, 1.165) is 11.3 Å². The second-order valence-corrected chi connectivity index (χ2v) is 5.70. The van der Waals surface area contributed by atoms with Crippen LogP contribution < -0.4 is 4.74 Å². The van der Waals surface area contributed by atoms with Crippen molar-refractivity contribution in [1.82, 2.24) is 9.78 Å². The van der Waals surface area contributed by atoms with Gasteiger partial charge in [-0.2, -0.15) is 10.4 Å². The molecule has 2 aromatic rings. The van der Waals surface area contributed by atoms with Crippen molar-refractivity contribution in [1.29, 1.82) is 5.26 Å². The maximum atomic E-state index is 11.6. The highest BCUT2D eigenvalue weighted by Crippen LogP contribution is 2.23. The molecule has 25 heavy (non-hydrogen) atoms. The van der Waals surface area contributed by atoms with Crippen LogP contribution in [-0.2, 0) is 16.1 Å². The van der Waals surface area contributed by atoms with Crippen LogP contribution in [-0.4, -0.2) is 29.0 Å². The van der Waals surface area contributed by atoms with Crippen LogP contribution in [0.15, 0.2) is 30.3 Å². The number of nitriles is 1. The molecule has 0 fully saturated rings. The van der Waals surface area contributed by atoms with Crippen molar-refractivity contribution in [2.45, 2.75) is 26.5 Å². The van der Waals surface area contributed by atoms with E-state index < -0.39 is 12.1 Å². The van der Waals surface area contributed by atoms with Crippen molar-refractivity contribution in [2.24, 2.45) is 0 Å². The standard InChI is InChI=1S/C18H18ClN3O3/c1-12(10-20)25-17(23)8-7-16-13(2)21-22(18(16)19)11-14-5-4-6-15(9-14)24-3/h4-9,12H,11H2,1-3H3/b8-7+/t12-/m0/s1. The van der Waals surface area contributed by atoms with Crippen LogP contribution in [0, 0.1) is 18.3 Å². The average molecular weight is 360 g/mol. The second-order valence-electron chi connectivity index (χ2n) is 5.34. The minimum Gasteiger partial charge on any atom is -0.497 e. The number of rotatable bonds is 6. The molecule has 130 valence electrons. The quantitative estimate of drug-likeness (QED) is 0.583. The molecule has 0 spiro atoms. The third kappa shape index (κ3) is 4.85. The van der Waals surface area contributed by atoms with Crippen LogP contribution in [0.5, 0.6) is 5.75 Å². The molecule has 7 heteroatoms. The summed E-state index contributed by atoms with van der Waals surface area (Å²) in [5.74, 6) is 0.150. The Bertz CT molecular complexity index is 837. The first-order chi connectivity index (χ1) is 11.9. The molecule has 0 aliphatic rings. The van der Waals surface area contributed by atoms with E-state index in [4.69, 9.17) is 26.3 Å². The van der Waals surface area contributed by atoms with Gasteiger partial charge in [-0.15, -0.1) is 0 Å². The first kappa shape index (κ1) is 18.6. The number of aromatic nitrogens is 2. The minimum absolute atomic E-state index is 0.415. The van der Waals surface area contributed by atoms with Gasteiger partial charge in [0.1, 0.15) is 17.0 Å². The van der Waals surface area contributed by atoms with Crippen LogP contribution in [0.2, 0.25) is 5.15 Å². The number of esters is 1. The van der Waals surface area contributed by atoms with E-state index in [1.54, 1.807) is 24.8 Å². The van der Waals surface area contributed by atoms with Gasteiger partial charge in [0.15, 0.2) is 6.10 Å². The van der Waals surface area contributed by atoms with Gasteiger partial charge in [0.25, 0.3) is 0 Å². The molecule has 1 aromatic carbocycles. The molecule has 0 aliphatic heterocycles. The minimum atomic E-state index is -0.801. The fourth-order valence-corrected chi connectivity index (χ4v) is 2.49. The molecule has 0 aliphatic carbocycles. The zero-order chi connectivity index (χ0) is 18.4. The highest BCUT2D eigenvalue weighted by Gasteiger charge is 2.13. The van der Waals surface area contributed by atoms with Crippen molar-refractivity contribution >= 4 is 23.6 Å². The van der Waals surface area contributed by atoms with Crippen LogP contribution >= 0.6 is 11.6 Å². The lowest BCUT2D eigenvalue weighted by atomic mass is 10.2. The molecular formula is C18H18ClN3O3. The van der Waals surface area contributed by atoms with Gasteiger partial charge in [-0.3, -0.25) is 0 Å². The fourth-order valence-electron chi connectivity index (χ4n) is 2.20. The van der Waals surface area contributed by atoms with E-state index in [2.05, 4.69) is 5.10 Å². The lowest BCUT2D eigenvalue weighted by Gasteiger charge is -2.06. The van der Waals surface area contributed by atoms with Crippen molar-refractivity contribution < 1.29 is 14.3 Å². The highest BCUT2D eigenvalue weighted by molar-refractivity contribution is 6.31. The Morgan fingerprint density at radius 1 is 1.52 bits per heavy atom. The van der Waals surface area contributed by atoms with Crippen molar-refractivity contribution in [3.8, 4) is 11.8 Å². The molecule has 0 saturated heterocycles. The summed E-state index contributed by atoms with van der Waals surface area (Å²) in [6.45, 7) is 3.77. The average Bonchev–Trinajstić information content (AvgIpc) is 2.86. The number of carbonyl (C=O) groups is 1. The monoisotopic (exact) mass is 359 g/mol. The zero-order valence-electron chi connectivity index (χ0n) is 14.2. The second kappa shape index (κ2) is 8.36. The Labute approximate surface area is 151 Å². The largest absolute Gasteiger partial charge is 0.497 e. The topological polar surface area (TPSA) is 77.1 Å². The van der Waals surface area contributed by atoms with E-state index in [0.29, 0.717) is 23.0 Å². The van der Waals surface area contributed by atoms with Gasteiger partial charge in [-0.25, -0.2) is 9.48 Å². The third-order valence-corrected chi connectivity index (χ3v) is 3.84. The number of ether oxygens (including phenoxy) is 2. The predicted molar refractivity (Wildman–Crippen MR) is 94.3 cm³/mol. The van der Waals surface area contributed by atoms with Gasteiger partial charge >= 0.3 is 5.97 Å².